The normalized spacial score (nSPS) is 10.3. The Kier molecular flexibility index (Phi) is 40.7. The first kappa shape index (κ1) is 41.9. The third-order valence-electron chi connectivity index (χ3n) is 4.68. The Balaban J connectivity index is -0.000000262. The summed E-state index contributed by atoms with van der Waals surface area (Å²) in [7, 11) is 0. The largest absolute Gasteiger partial charge is 0.481 e. The first-order valence-electron chi connectivity index (χ1n) is 13.4. The van der Waals surface area contributed by atoms with Gasteiger partial charge in [0.2, 0.25) is 0 Å². The van der Waals surface area contributed by atoms with Crippen molar-refractivity contribution >= 4 is 23.9 Å². The molecule has 0 aromatic carbocycles. The van der Waals surface area contributed by atoms with Gasteiger partial charge in [-0.05, 0) is 6.42 Å². The van der Waals surface area contributed by atoms with Crippen LogP contribution in [0.2, 0.25) is 0 Å². The number of carboxylic acid groups (broad SMARTS) is 3. The molecule has 0 bridgehead atoms. The van der Waals surface area contributed by atoms with E-state index in [0.29, 0.717) is 6.42 Å². The second kappa shape index (κ2) is 36.0. The van der Waals surface area contributed by atoms with Crippen LogP contribution in [0.4, 0.5) is 0 Å². The Hall–Kier alpha value is -2.20. The van der Waals surface area contributed by atoms with Crippen molar-refractivity contribution in [2.45, 2.75) is 137 Å². The molecule has 1 atom stereocenters. The lowest BCUT2D eigenvalue weighted by Gasteiger charge is -2.05. The number of ether oxygens (including phenoxy) is 1. The van der Waals surface area contributed by atoms with E-state index in [1.165, 1.54) is 90.4 Å². The summed E-state index contributed by atoms with van der Waals surface area (Å²) in [6, 6.07) is 0. The molecule has 0 aromatic heterocycles. The number of aliphatic hydroxyl groups excluding tert-OH is 2. The van der Waals surface area contributed by atoms with Crippen molar-refractivity contribution in [2.24, 2.45) is 0 Å². The van der Waals surface area contributed by atoms with Crippen molar-refractivity contribution in [1.29, 1.82) is 0 Å². The number of carboxylic acids is 3. The molecule has 0 fully saturated rings. The molecule has 0 aromatic rings. The zero-order chi connectivity index (χ0) is 29.3. The molecular weight excluding hydrogens is 484 g/mol. The highest BCUT2D eigenvalue weighted by Gasteiger charge is 2.02. The second-order valence-electron chi connectivity index (χ2n) is 8.77. The molecule has 0 rings (SSSR count). The van der Waals surface area contributed by atoms with Gasteiger partial charge in [0.1, 0.15) is 12.7 Å². The van der Waals surface area contributed by atoms with Gasteiger partial charge in [-0.1, -0.05) is 96.8 Å². The molecule has 222 valence electrons. The number of aliphatic hydroxyl groups is 2. The van der Waals surface area contributed by atoms with Crippen LogP contribution in [0.1, 0.15) is 130 Å². The Labute approximate surface area is 223 Å². The van der Waals surface area contributed by atoms with E-state index >= 15 is 0 Å². The molecule has 0 radical (unpaired) electrons. The van der Waals surface area contributed by atoms with Crippen LogP contribution in [0.3, 0.4) is 0 Å². The van der Waals surface area contributed by atoms with Crippen molar-refractivity contribution < 1.29 is 49.4 Å². The summed E-state index contributed by atoms with van der Waals surface area (Å²) in [5, 5.41) is 40.1. The lowest BCUT2D eigenvalue weighted by Crippen LogP contribution is -2.20. The number of unbranched alkanes of at least 4 members (excludes halogenated alkanes) is 14. The summed E-state index contributed by atoms with van der Waals surface area (Å²) < 4.78 is 4.35. The van der Waals surface area contributed by atoms with E-state index in [-0.39, 0.29) is 13.2 Å². The third-order valence-corrected chi connectivity index (χ3v) is 4.68. The van der Waals surface area contributed by atoms with E-state index in [9.17, 15) is 9.59 Å². The average Bonchev–Trinajstić information content (AvgIpc) is 2.79. The summed E-state index contributed by atoms with van der Waals surface area (Å²) >= 11 is 0. The quantitative estimate of drug-likeness (QED) is 0.105. The first-order valence-corrected chi connectivity index (χ1v) is 13.4. The lowest BCUT2D eigenvalue weighted by molar-refractivity contribution is -0.144. The molecule has 10 heteroatoms. The maximum Gasteiger partial charge on any atom is 0.303 e. The van der Waals surface area contributed by atoms with E-state index < -0.39 is 30.0 Å². The van der Waals surface area contributed by atoms with Gasteiger partial charge < -0.3 is 30.3 Å². The van der Waals surface area contributed by atoms with Gasteiger partial charge in [-0.2, -0.15) is 0 Å². The fourth-order valence-electron chi connectivity index (χ4n) is 2.91. The number of carbonyl (C=O) groups excluding carboxylic acids is 1. The lowest BCUT2D eigenvalue weighted by atomic mass is 10.0. The van der Waals surface area contributed by atoms with Crippen LogP contribution in [0, 0.1) is 0 Å². The second-order valence-corrected chi connectivity index (χ2v) is 8.77. The molecule has 0 spiro atoms. The van der Waals surface area contributed by atoms with Crippen LogP contribution in [-0.4, -0.2) is 68.7 Å². The van der Waals surface area contributed by atoms with E-state index in [1.807, 2.05) is 0 Å². The zero-order valence-electron chi connectivity index (χ0n) is 23.6. The van der Waals surface area contributed by atoms with Gasteiger partial charge >= 0.3 is 11.9 Å². The molecule has 0 aliphatic carbocycles. The molecule has 0 saturated carbocycles. The maximum atomic E-state index is 10.3. The van der Waals surface area contributed by atoms with Crippen LogP contribution < -0.4 is 0 Å². The smallest absolute Gasteiger partial charge is 0.303 e. The van der Waals surface area contributed by atoms with Gasteiger partial charge in [-0.3, -0.25) is 19.2 Å². The van der Waals surface area contributed by atoms with Crippen molar-refractivity contribution in [3.8, 4) is 0 Å². The topological polar surface area (TPSA) is 179 Å². The van der Waals surface area contributed by atoms with E-state index in [4.69, 9.17) is 35.1 Å². The molecule has 0 aliphatic rings. The molecule has 37 heavy (non-hydrogen) atoms. The Morgan fingerprint density at radius 2 is 0.919 bits per heavy atom. The average molecular weight is 539 g/mol. The number of hydrogen-bond acceptors (Lipinski definition) is 7. The Morgan fingerprint density at radius 1 is 0.622 bits per heavy atom. The van der Waals surface area contributed by atoms with Gasteiger partial charge in [-0.15, -0.1) is 0 Å². The van der Waals surface area contributed by atoms with Crippen molar-refractivity contribution in [1.82, 2.24) is 0 Å². The monoisotopic (exact) mass is 538 g/mol. The minimum Gasteiger partial charge on any atom is -0.481 e. The Bertz CT molecular complexity index is 503. The molecule has 10 nitrogen and oxygen atoms in total. The van der Waals surface area contributed by atoms with Gasteiger partial charge in [0.05, 0.1) is 6.61 Å². The molecule has 0 heterocycles. The number of esters is 1. The van der Waals surface area contributed by atoms with Crippen LogP contribution in [0.5, 0.6) is 0 Å². The van der Waals surface area contributed by atoms with Crippen LogP contribution >= 0.6 is 0 Å². The molecular formula is C27H54O10. The molecule has 5 N–H and O–H groups in total. The highest BCUT2D eigenvalue weighted by atomic mass is 16.5. The molecule has 1 unspecified atom stereocenters. The summed E-state index contributed by atoms with van der Waals surface area (Å²) in [5.41, 5.74) is 0. The molecule has 0 saturated heterocycles. The number of rotatable bonds is 19. The standard InChI is InChI=1S/C18H36O2.C5H10O4.2C2H4O2/c1-2-3-4-5-6-7-8-9-10-11-12-13-14-15-16-17-18(19)20;1-4(7)9-3-5(8)2-6;2*1-2(3)4/h2-17H2,1H3,(H,19,20);5-6,8H,2-3H2,1H3;2*1H3,(H,3,4). The van der Waals surface area contributed by atoms with E-state index in [1.54, 1.807) is 0 Å². The molecule has 0 aliphatic heterocycles. The van der Waals surface area contributed by atoms with Crippen LogP contribution in [0.15, 0.2) is 0 Å². The van der Waals surface area contributed by atoms with Gasteiger partial charge in [0.25, 0.3) is 11.9 Å². The summed E-state index contributed by atoms with van der Waals surface area (Å²) in [5.74, 6) is -2.78. The summed E-state index contributed by atoms with van der Waals surface area (Å²) in [6.07, 6.45) is 19.2. The van der Waals surface area contributed by atoms with Crippen molar-refractivity contribution in [2.75, 3.05) is 13.2 Å². The van der Waals surface area contributed by atoms with Gasteiger partial charge in [-0.25, -0.2) is 0 Å². The zero-order valence-corrected chi connectivity index (χ0v) is 23.6. The minimum absolute atomic E-state index is 0.133. The fourth-order valence-corrected chi connectivity index (χ4v) is 2.91. The fraction of sp³-hybridized carbons (Fsp3) is 0.852. The predicted molar refractivity (Wildman–Crippen MR) is 144 cm³/mol. The summed E-state index contributed by atoms with van der Waals surface area (Å²) in [4.78, 5) is 38.4. The number of carbonyl (C=O) groups is 4. The van der Waals surface area contributed by atoms with E-state index in [0.717, 1.165) is 26.7 Å². The van der Waals surface area contributed by atoms with Crippen molar-refractivity contribution in [3.05, 3.63) is 0 Å². The first-order chi connectivity index (χ1) is 17.4. The highest BCUT2D eigenvalue weighted by molar-refractivity contribution is 5.66. The van der Waals surface area contributed by atoms with Gasteiger partial charge in [0.15, 0.2) is 0 Å². The van der Waals surface area contributed by atoms with Crippen molar-refractivity contribution in [3.63, 3.8) is 0 Å². The van der Waals surface area contributed by atoms with Crippen LogP contribution in [-0.2, 0) is 23.9 Å². The highest BCUT2D eigenvalue weighted by Crippen LogP contribution is 2.13. The molecule has 0 amide bonds. The third kappa shape index (κ3) is 71.9. The maximum absolute atomic E-state index is 10.3. The predicted octanol–water partition coefficient (Wildman–Crippen LogP) is 5.42. The van der Waals surface area contributed by atoms with Crippen LogP contribution in [0.25, 0.3) is 0 Å². The Morgan fingerprint density at radius 3 is 1.16 bits per heavy atom. The summed E-state index contributed by atoms with van der Waals surface area (Å²) in [6.45, 7) is 5.16. The van der Waals surface area contributed by atoms with E-state index in [2.05, 4.69) is 11.7 Å². The van der Waals surface area contributed by atoms with Gasteiger partial charge in [0, 0.05) is 27.2 Å². The SMILES string of the molecule is CC(=O)O.CC(=O)O.CC(=O)OCC(O)CO.CCCCCCCCCCCCCCCCCC(=O)O. The number of hydrogen-bond donors (Lipinski definition) is 5. The minimum atomic E-state index is -0.950. The number of aliphatic carboxylic acids is 3.